The lowest BCUT2D eigenvalue weighted by Crippen LogP contribution is -2.35. The van der Waals surface area contributed by atoms with E-state index < -0.39 is 0 Å². The quantitative estimate of drug-likeness (QED) is 0.563. The zero-order chi connectivity index (χ0) is 10.0. The van der Waals surface area contributed by atoms with Gasteiger partial charge in [-0.2, -0.15) is 0 Å². The van der Waals surface area contributed by atoms with Crippen molar-refractivity contribution in [1.29, 1.82) is 0 Å². The molecule has 82 valence electrons. The van der Waals surface area contributed by atoms with Crippen LogP contribution >= 0.6 is 0 Å². The van der Waals surface area contributed by atoms with E-state index in [2.05, 4.69) is 13.8 Å². The van der Waals surface area contributed by atoms with E-state index in [1.165, 1.54) is 57.8 Å². The molecule has 0 N–H and O–H groups in total. The number of rotatable bonds is 1. The first-order valence-corrected chi connectivity index (χ1v) is 6.72. The van der Waals surface area contributed by atoms with Gasteiger partial charge in [0.05, 0.1) is 0 Å². The van der Waals surface area contributed by atoms with Crippen molar-refractivity contribution < 1.29 is 0 Å². The third-order valence-corrected chi connectivity index (χ3v) is 5.00. The van der Waals surface area contributed by atoms with Gasteiger partial charge in [-0.05, 0) is 36.5 Å². The van der Waals surface area contributed by atoms with Crippen LogP contribution < -0.4 is 0 Å². The number of hydrogen-bond donors (Lipinski definition) is 0. The molecule has 0 heteroatoms. The fraction of sp³-hybridized carbons (Fsp3) is 1.00. The minimum atomic E-state index is 0.720. The molecule has 0 saturated heterocycles. The van der Waals surface area contributed by atoms with Crippen LogP contribution in [0.25, 0.3) is 0 Å². The summed E-state index contributed by atoms with van der Waals surface area (Å²) >= 11 is 0. The van der Waals surface area contributed by atoms with Crippen LogP contribution in [-0.2, 0) is 0 Å². The lowest BCUT2D eigenvalue weighted by molar-refractivity contribution is 0.0488. The highest BCUT2D eigenvalue weighted by molar-refractivity contribution is 4.89. The fourth-order valence-electron chi connectivity index (χ4n) is 4.08. The fourth-order valence-corrected chi connectivity index (χ4v) is 4.08. The predicted molar refractivity (Wildman–Crippen MR) is 62.3 cm³/mol. The van der Waals surface area contributed by atoms with Crippen molar-refractivity contribution in [3.05, 3.63) is 0 Å². The molecule has 0 amide bonds. The first-order chi connectivity index (χ1) is 6.72. The third-order valence-electron chi connectivity index (χ3n) is 5.00. The molecule has 0 aliphatic heterocycles. The van der Waals surface area contributed by atoms with Gasteiger partial charge in [0, 0.05) is 0 Å². The molecular weight excluding hydrogens is 168 g/mol. The molecule has 2 rings (SSSR count). The first kappa shape index (κ1) is 10.5. The molecule has 0 aromatic carbocycles. The second kappa shape index (κ2) is 4.24. The normalized spacial score (nSPS) is 38.1. The van der Waals surface area contributed by atoms with Crippen molar-refractivity contribution in [1.82, 2.24) is 0 Å². The smallest absolute Gasteiger partial charge is 0.0295 e. The molecule has 2 atom stereocenters. The Morgan fingerprint density at radius 2 is 1.50 bits per heavy atom. The molecule has 0 aromatic rings. The first-order valence-electron chi connectivity index (χ1n) is 6.72. The van der Waals surface area contributed by atoms with Gasteiger partial charge >= 0.3 is 0 Å². The summed E-state index contributed by atoms with van der Waals surface area (Å²) in [5.41, 5.74) is 0.720. The monoisotopic (exact) mass is 194 g/mol. The van der Waals surface area contributed by atoms with Gasteiger partial charge in [-0.3, -0.25) is 0 Å². The highest BCUT2D eigenvalue weighted by Gasteiger charge is 2.38. The van der Waals surface area contributed by atoms with E-state index in [9.17, 15) is 0 Å². The summed E-state index contributed by atoms with van der Waals surface area (Å²) in [6, 6.07) is 0. The van der Waals surface area contributed by atoms with E-state index in [1.54, 1.807) is 0 Å². The summed E-state index contributed by atoms with van der Waals surface area (Å²) in [6.45, 7) is 5.09. The summed E-state index contributed by atoms with van der Waals surface area (Å²) in [7, 11) is 0. The SMILES string of the molecule is CC1CCCCC1C1(C)CCCCC1. The van der Waals surface area contributed by atoms with E-state index >= 15 is 0 Å². The highest BCUT2D eigenvalue weighted by Crippen LogP contribution is 2.49. The van der Waals surface area contributed by atoms with Crippen molar-refractivity contribution in [2.45, 2.75) is 71.6 Å². The molecule has 2 aliphatic rings. The van der Waals surface area contributed by atoms with Crippen LogP contribution in [-0.4, -0.2) is 0 Å². The van der Waals surface area contributed by atoms with Crippen LogP contribution in [0, 0.1) is 17.3 Å². The van der Waals surface area contributed by atoms with Crippen molar-refractivity contribution in [3.8, 4) is 0 Å². The van der Waals surface area contributed by atoms with Crippen LogP contribution in [0.5, 0.6) is 0 Å². The lowest BCUT2D eigenvalue weighted by Gasteiger charge is -2.46. The lowest BCUT2D eigenvalue weighted by atomic mass is 9.60. The Kier molecular flexibility index (Phi) is 3.19. The Hall–Kier alpha value is 0. The maximum absolute atomic E-state index is 2.58. The average molecular weight is 194 g/mol. The van der Waals surface area contributed by atoms with Gasteiger partial charge in [-0.1, -0.05) is 52.4 Å². The summed E-state index contributed by atoms with van der Waals surface area (Å²) in [4.78, 5) is 0. The molecule has 0 heterocycles. The van der Waals surface area contributed by atoms with E-state index in [4.69, 9.17) is 0 Å². The van der Waals surface area contributed by atoms with Gasteiger partial charge in [-0.25, -0.2) is 0 Å². The zero-order valence-electron chi connectivity index (χ0n) is 10.0. The maximum atomic E-state index is 2.58. The van der Waals surface area contributed by atoms with E-state index in [1.807, 2.05) is 0 Å². The van der Waals surface area contributed by atoms with Crippen LogP contribution in [0.2, 0.25) is 0 Å². The molecule has 2 aliphatic carbocycles. The van der Waals surface area contributed by atoms with Gasteiger partial charge in [0.1, 0.15) is 0 Å². The van der Waals surface area contributed by atoms with Crippen LogP contribution in [0.4, 0.5) is 0 Å². The third kappa shape index (κ3) is 1.99. The molecule has 0 spiro atoms. The molecule has 2 fully saturated rings. The van der Waals surface area contributed by atoms with Crippen molar-refractivity contribution >= 4 is 0 Å². The minimum Gasteiger partial charge on any atom is -0.0622 e. The summed E-state index contributed by atoms with van der Waals surface area (Å²) in [5.74, 6) is 2.06. The van der Waals surface area contributed by atoms with Crippen molar-refractivity contribution in [3.63, 3.8) is 0 Å². The number of hydrogen-bond acceptors (Lipinski definition) is 0. The second-order valence-corrected chi connectivity index (χ2v) is 6.08. The van der Waals surface area contributed by atoms with Gasteiger partial charge in [-0.15, -0.1) is 0 Å². The summed E-state index contributed by atoms with van der Waals surface area (Å²) < 4.78 is 0. The van der Waals surface area contributed by atoms with E-state index in [-0.39, 0.29) is 0 Å². The van der Waals surface area contributed by atoms with E-state index in [0.29, 0.717) is 0 Å². The Morgan fingerprint density at radius 1 is 0.857 bits per heavy atom. The largest absolute Gasteiger partial charge is 0.0622 e. The minimum absolute atomic E-state index is 0.720. The topological polar surface area (TPSA) is 0 Å². The van der Waals surface area contributed by atoms with E-state index in [0.717, 1.165) is 17.3 Å². The molecule has 0 nitrogen and oxygen atoms in total. The Balaban J connectivity index is 2.02. The van der Waals surface area contributed by atoms with Crippen LogP contribution in [0.1, 0.15) is 71.6 Å². The Labute approximate surface area is 89.5 Å². The second-order valence-electron chi connectivity index (χ2n) is 6.08. The van der Waals surface area contributed by atoms with Gasteiger partial charge in [0.15, 0.2) is 0 Å². The van der Waals surface area contributed by atoms with Gasteiger partial charge in [0.25, 0.3) is 0 Å². The standard InChI is InChI=1S/C14H26/c1-12-8-4-5-9-13(12)14(2)10-6-3-7-11-14/h12-13H,3-11H2,1-2H3. The van der Waals surface area contributed by atoms with Gasteiger partial charge < -0.3 is 0 Å². The van der Waals surface area contributed by atoms with Crippen LogP contribution in [0.3, 0.4) is 0 Å². The average Bonchev–Trinajstić information content (AvgIpc) is 2.19. The summed E-state index contributed by atoms with van der Waals surface area (Å²) in [6.07, 6.45) is 13.6. The van der Waals surface area contributed by atoms with Crippen molar-refractivity contribution in [2.24, 2.45) is 17.3 Å². The maximum Gasteiger partial charge on any atom is -0.0295 e. The summed E-state index contributed by atoms with van der Waals surface area (Å²) in [5, 5.41) is 0. The molecule has 0 bridgehead atoms. The van der Waals surface area contributed by atoms with Crippen LogP contribution in [0.15, 0.2) is 0 Å². The Morgan fingerprint density at radius 3 is 2.14 bits per heavy atom. The highest BCUT2D eigenvalue weighted by atomic mass is 14.4. The molecule has 0 aromatic heterocycles. The Bertz CT molecular complexity index is 176. The molecule has 2 saturated carbocycles. The molecular formula is C14H26. The predicted octanol–water partition coefficient (Wildman–Crippen LogP) is 4.78. The zero-order valence-corrected chi connectivity index (χ0v) is 10.0. The molecule has 2 unspecified atom stereocenters. The molecule has 0 radical (unpaired) electrons. The molecule has 14 heavy (non-hydrogen) atoms. The van der Waals surface area contributed by atoms with Gasteiger partial charge in [0.2, 0.25) is 0 Å². The van der Waals surface area contributed by atoms with Crippen molar-refractivity contribution in [2.75, 3.05) is 0 Å².